The summed E-state index contributed by atoms with van der Waals surface area (Å²) < 4.78 is 27.1. The molecule has 0 saturated heterocycles. The quantitative estimate of drug-likeness (QED) is 0.582. The van der Waals surface area contributed by atoms with Gasteiger partial charge in [0.2, 0.25) is 10.0 Å². The molecule has 2 rings (SSSR count). The lowest BCUT2D eigenvalue weighted by molar-refractivity contribution is 0.0303. The lowest BCUT2D eigenvalue weighted by Gasteiger charge is -2.26. The number of nitrogens with two attached hydrogens (primary N) is 1. The van der Waals surface area contributed by atoms with Gasteiger partial charge < -0.3 is 10.8 Å². The smallest absolute Gasteiger partial charge is 0.242 e. The minimum atomic E-state index is -3.75. The Morgan fingerprint density at radius 1 is 1.24 bits per heavy atom. The Morgan fingerprint density at radius 3 is 2.43 bits per heavy atom. The van der Waals surface area contributed by atoms with Crippen LogP contribution in [0.4, 0.5) is 5.69 Å². The molecule has 0 heterocycles. The van der Waals surface area contributed by atoms with E-state index in [0.717, 1.165) is 25.7 Å². The first-order valence-corrected chi connectivity index (χ1v) is 8.96. The van der Waals surface area contributed by atoms with Gasteiger partial charge in [-0.3, -0.25) is 0 Å². The molecule has 1 saturated carbocycles. The van der Waals surface area contributed by atoms with Gasteiger partial charge in [0.1, 0.15) is 4.90 Å². The van der Waals surface area contributed by atoms with Gasteiger partial charge in [-0.15, -0.1) is 0 Å². The van der Waals surface area contributed by atoms with Crippen LogP contribution in [0.15, 0.2) is 23.1 Å². The number of hydrogen-bond acceptors (Lipinski definition) is 4. The van der Waals surface area contributed by atoms with Crippen molar-refractivity contribution in [2.24, 2.45) is 0 Å². The van der Waals surface area contributed by atoms with Gasteiger partial charge in [0.15, 0.2) is 0 Å². The van der Waals surface area contributed by atoms with Crippen molar-refractivity contribution in [3.8, 4) is 0 Å². The predicted octanol–water partition coefficient (Wildman–Crippen LogP) is 2.29. The van der Waals surface area contributed by atoms with Crippen molar-refractivity contribution < 1.29 is 13.5 Å². The van der Waals surface area contributed by atoms with Crippen molar-refractivity contribution in [1.29, 1.82) is 0 Å². The van der Waals surface area contributed by atoms with E-state index in [1.54, 1.807) is 0 Å². The maximum Gasteiger partial charge on any atom is 0.242 e. The lowest BCUT2D eigenvalue weighted by atomic mass is 9.95. The monoisotopic (exact) mass is 332 g/mol. The number of aliphatic hydroxyl groups is 1. The second kappa shape index (κ2) is 6.52. The molecule has 0 bridgehead atoms. The Kier molecular flexibility index (Phi) is 5.14. The summed E-state index contributed by atoms with van der Waals surface area (Å²) in [5.41, 5.74) is 4.84. The van der Waals surface area contributed by atoms with Crippen LogP contribution in [-0.2, 0) is 10.0 Å². The van der Waals surface area contributed by atoms with E-state index in [4.69, 9.17) is 17.3 Å². The Balaban J connectivity index is 2.10. The van der Waals surface area contributed by atoms with Crippen LogP contribution in [0, 0.1) is 0 Å². The van der Waals surface area contributed by atoms with Crippen LogP contribution in [0.3, 0.4) is 0 Å². The van der Waals surface area contributed by atoms with Crippen LogP contribution in [0.2, 0.25) is 5.02 Å². The first-order valence-electron chi connectivity index (χ1n) is 7.10. The molecular weight excluding hydrogens is 312 g/mol. The maximum atomic E-state index is 12.3. The molecule has 1 aromatic carbocycles. The second-order valence-electron chi connectivity index (χ2n) is 5.65. The fourth-order valence-electron chi connectivity index (χ4n) is 2.63. The normalized spacial score (nSPS) is 19.1. The largest absolute Gasteiger partial charge is 0.398 e. The second-order valence-corrected chi connectivity index (χ2v) is 7.82. The van der Waals surface area contributed by atoms with Gasteiger partial charge in [-0.2, -0.15) is 0 Å². The molecule has 0 amide bonds. The Hall–Kier alpha value is -0.820. The summed E-state index contributed by atoms with van der Waals surface area (Å²) in [6.45, 7) is 0.0113. The summed E-state index contributed by atoms with van der Waals surface area (Å²) in [7, 11) is -3.75. The molecule has 0 aliphatic heterocycles. The van der Waals surface area contributed by atoms with Crippen molar-refractivity contribution in [2.75, 3.05) is 12.3 Å². The molecule has 118 valence electrons. The minimum absolute atomic E-state index is 0.0101. The third-order valence-electron chi connectivity index (χ3n) is 3.89. The summed E-state index contributed by atoms with van der Waals surface area (Å²) in [6, 6.07) is 4.25. The van der Waals surface area contributed by atoms with E-state index >= 15 is 0 Å². The van der Waals surface area contributed by atoms with E-state index in [9.17, 15) is 13.5 Å². The van der Waals surface area contributed by atoms with Crippen molar-refractivity contribution >= 4 is 27.3 Å². The number of hydrogen-bond donors (Lipinski definition) is 3. The molecule has 21 heavy (non-hydrogen) atoms. The van der Waals surface area contributed by atoms with E-state index in [1.807, 2.05) is 0 Å². The van der Waals surface area contributed by atoms with E-state index < -0.39 is 15.6 Å². The van der Waals surface area contributed by atoms with Gasteiger partial charge in [-0.1, -0.05) is 37.3 Å². The average Bonchev–Trinajstić information content (AvgIpc) is 2.62. The molecule has 0 radical (unpaired) electrons. The molecule has 0 unspecified atom stereocenters. The van der Waals surface area contributed by atoms with Crippen molar-refractivity contribution in [3.05, 3.63) is 23.2 Å². The Morgan fingerprint density at radius 2 is 1.86 bits per heavy atom. The highest BCUT2D eigenvalue weighted by atomic mass is 35.5. The van der Waals surface area contributed by atoms with Crippen molar-refractivity contribution in [1.82, 2.24) is 4.72 Å². The highest BCUT2D eigenvalue weighted by Gasteiger charge is 2.30. The SMILES string of the molecule is Nc1cc(Cl)ccc1S(=O)(=O)NCC1(O)CCCCCC1. The average molecular weight is 333 g/mol. The first-order chi connectivity index (χ1) is 9.82. The van der Waals surface area contributed by atoms with Crippen LogP contribution in [-0.4, -0.2) is 25.7 Å². The lowest BCUT2D eigenvalue weighted by Crippen LogP contribution is -2.42. The van der Waals surface area contributed by atoms with E-state index in [-0.39, 0.29) is 17.1 Å². The molecule has 1 aliphatic carbocycles. The van der Waals surface area contributed by atoms with Gasteiger partial charge in [0.05, 0.1) is 11.3 Å². The molecule has 1 aliphatic rings. The zero-order valence-corrected chi connectivity index (χ0v) is 13.4. The molecule has 0 atom stereocenters. The van der Waals surface area contributed by atoms with Crippen LogP contribution >= 0.6 is 11.6 Å². The number of halogens is 1. The summed E-state index contributed by atoms with van der Waals surface area (Å²) >= 11 is 5.77. The number of anilines is 1. The Bertz CT molecular complexity index is 596. The number of nitrogens with one attached hydrogen (secondary N) is 1. The van der Waals surface area contributed by atoms with Crippen LogP contribution in [0.5, 0.6) is 0 Å². The third-order valence-corrected chi connectivity index (χ3v) is 5.60. The zero-order chi connectivity index (χ0) is 15.5. The summed E-state index contributed by atoms with van der Waals surface area (Å²) in [5.74, 6) is 0. The highest BCUT2D eigenvalue weighted by molar-refractivity contribution is 7.89. The zero-order valence-electron chi connectivity index (χ0n) is 11.8. The highest BCUT2D eigenvalue weighted by Crippen LogP contribution is 2.27. The van der Waals surface area contributed by atoms with Gasteiger partial charge in [0.25, 0.3) is 0 Å². The molecule has 0 aromatic heterocycles. The molecule has 1 fully saturated rings. The predicted molar refractivity (Wildman–Crippen MR) is 83.7 cm³/mol. The van der Waals surface area contributed by atoms with Crippen LogP contribution in [0.1, 0.15) is 38.5 Å². The van der Waals surface area contributed by atoms with E-state index in [2.05, 4.69) is 4.72 Å². The molecular formula is C14H21ClN2O3S. The fourth-order valence-corrected chi connectivity index (χ4v) is 4.05. The summed E-state index contributed by atoms with van der Waals surface area (Å²) in [4.78, 5) is -0.0101. The molecule has 5 nitrogen and oxygen atoms in total. The van der Waals surface area contributed by atoms with E-state index in [0.29, 0.717) is 17.9 Å². The maximum absolute atomic E-state index is 12.3. The van der Waals surface area contributed by atoms with Crippen molar-refractivity contribution in [2.45, 2.75) is 49.0 Å². The van der Waals surface area contributed by atoms with Gasteiger partial charge >= 0.3 is 0 Å². The van der Waals surface area contributed by atoms with Gasteiger partial charge in [-0.05, 0) is 31.0 Å². The summed E-state index contributed by atoms with van der Waals surface area (Å²) in [6.07, 6.45) is 5.23. The first kappa shape index (κ1) is 16.5. The fraction of sp³-hybridized carbons (Fsp3) is 0.571. The third kappa shape index (κ3) is 4.32. The summed E-state index contributed by atoms with van der Waals surface area (Å²) in [5, 5.41) is 10.9. The number of sulfonamides is 1. The number of rotatable bonds is 4. The number of benzene rings is 1. The van der Waals surface area contributed by atoms with Gasteiger partial charge in [-0.25, -0.2) is 13.1 Å². The minimum Gasteiger partial charge on any atom is -0.398 e. The molecule has 1 aromatic rings. The van der Waals surface area contributed by atoms with Crippen molar-refractivity contribution in [3.63, 3.8) is 0 Å². The Labute approximate surface area is 130 Å². The topological polar surface area (TPSA) is 92.4 Å². The standard InChI is InChI=1S/C14H21ClN2O3S/c15-11-5-6-13(12(16)9-11)21(19,20)17-10-14(18)7-3-1-2-4-8-14/h5-6,9,17-18H,1-4,7-8,10,16H2. The molecule has 4 N–H and O–H groups in total. The van der Waals surface area contributed by atoms with Crippen LogP contribution < -0.4 is 10.5 Å². The van der Waals surface area contributed by atoms with Gasteiger partial charge in [0, 0.05) is 11.6 Å². The van der Waals surface area contributed by atoms with Crippen LogP contribution in [0.25, 0.3) is 0 Å². The molecule has 0 spiro atoms. The number of nitrogen functional groups attached to an aromatic ring is 1. The van der Waals surface area contributed by atoms with E-state index in [1.165, 1.54) is 18.2 Å². The molecule has 7 heteroatoms.